The smallest absolute Gasteiger partial charge is 0.186 e. The van der Waals surface area contributed by atoms with E-state index in [0.29, 0.717) is 11.4 Å². The Morgan fingerprint density at radius 3 is 2.63 bits per heavy atom. The Bertz CT molecular complexity index is 733. The third-order valence-corrected chi connectivity index (χ3v) is 3.10. The number of phenolic OH excluding ortho intramolecular Hbond substituents is 1. The molecule has 2 aromatic heterocycles. The molecule has 3 aromatic rings. The lowest BCUT2D eigenvalue weighted by Crippen LogP contribution is -2.12. The number of nitrogens with one attached hydrogen (secondary N) is 1. The lowest BCUT2D eigenvalue weighted by atomic mass is 9.93. The van der Waals surface area contributed by atoms with Gasteiger partial charge in [0.1, 0.15) is 5.75 Å². The number of nitrogens with zero attached hydrogens (tertiary/aromatic N) is 3. The minimum absolute atomic E-state index is 0.0249. The Balaban J connectivity index is 2.21. The Kier molecular flexibility index (Phi) is 2.38. The highest BCUT2D eigenvalue weighted by Crippen LogP contribution is 2.29. The van der Waals surface area contributed by atoms with Gasteiger partial charge < -0.3 is 5.11 Å². The van der Waals surface area contributed by atoms with Gasteiger partial charge in [-0.2, -0.15) is 14.7 Å². The highest BCUT2D eigenvalue weighted by molar-refractivity contribution is 5.65. The number of fused-ring (bicyclic) bond motifs is 1. The van der Waals surface area contributed by atoms with Crippen molar-refractivity contribution in [3.05, 3.63) is 36.0 Å². The molecule has 5 nitrogen and oxygen atoms in total. The van der Waals surface area contributed by atoms with Gasteiger partial charge in [0, 0.05) is 11.5 Å². The van der Waals surface area contributed by atoms with Crippen molar-refractivity contribution in [2.24, 2.45) is 0 Å². The van der Waals surface area contributed by atoms with Crippen LogP contribution < -0.4 is 0 Å². The fourth-order valence-corrected chi connectivity index (χ4v) is 1.98. The number of aromatic hydroxyl groups is 1. The molecule has 2 heterocycles. The monoisotopic (exact) mass is 256 g/mol. The van der Waals surface area contributed by atoms with Gasteiger partial charge in [0.25, 0.3) is 0 Å². The number of hydrogen-bond donors (Lipinski definition) is 2. The fraction of sp³-hybridized carbons (Fsp3) is 0.286. The van der Waals surface area contributed by atoms with Gasteiger partial charge in [-0.3, -0.25) is 5.10 Å². The second-order valence-electron chi connectivity index (χ2n) is 5.64. The van der Waals surface area contributed by atoms with Crippen molar-refractivity contribution >= 4 is 5.65 Å². The van der Waals surface area contributed by atoms with Gasteiger partial charge in [0.2, 0.25) is 0 Å². The maximum Gasteiger partial charge on any atom is 0.186 e. The first-order valence-electron chi connectivity index (χ1n) is 6.20. The van der Waals surface area contributed by atoms with Gasteiger partial charge >= 0.3 is 0 Å². The molecule has 0 aliphatic heterocycles. The van der Waals surface area contributed by atoms with Gasteiger partial charge in [-0.15, -0.1) is 0 Å². The van der Waals surface area contributed by atoms with E-state index >= 15 is 0 Å². The molecule has 98 valence electrons. The zero-order valence-corrected chi connectivity index (χ0v) is 11.2. The number of benzene rings is 1. The fourth-order valence-electron chi connectivity index (χ4n) is 1.98. The maximum absolute atomic E-state index is 9.91. The van der Waals surface area contributed by atoms with Crippen molar-refractivity contribution in [2.75, 3.05) is 0 Å². The Morgan fingerprint density at radius 2 is 1.95 bits per heavy atom. The number of para-hydroxylation sites is 1. The molecule has 0 atom stereocenters. The summed E-state index contributed by atoms with van der Waals surface area (Å²) in [6.07, 6.45) is 0. The largest absolute Gasteiger partial charge is 0.507 e. The predicted octanol–water partition coefficient (Wildman–Crippen LogP) is 2.73. The summed E-state index contributed by atoms with van der Waals surface area (Å²) in [5.74, 6) is 0.812. The van der Waals surface area contributed by atoms with Crippen LogP contribution >= 0.6 is 0 Å². The molecular weight excluding hydrogens is 240 g/mol. The van der Waals surface area contributed by atoms with Crippen LogP contribution in [0.1, 0.15) is 26.5 Å². The topological polar surface area (TPSA) is 66.2 Å². The van der Waals surface area contributed by atoms with Crippen molar-refractivity contribution in [3.8, 4) is 17.1 Å². The highest BCUT2D eigenvalue weighted by atomic mass is 16.3. The predicted molar refractivity (Wildman–Crippen MR) is 73.1 cm³/mol. The van der Waals surface area contributed by atoms with E-state index < -0.39 is 0 Å². The minimum atomic E-state index is -0.0249. The molecule has 0 radical (unpaired) electrons. The molecule has 2 N–H and O–H groups in total. The molecular formula is C14H16N4O. The van der Waals surface area contributed by atoms with E-state index in [1.54, 1.807) is 16.6 Å². The summed E-state index contributed by atoms with van der Waals surface area (Å²) in [5.41, 5.74) is 2.45. The molecule has 0 aliphatic carbocycles. The molecule has 0 amide bonds. The number of phenols is 1. The molecule has 0 saturated heterocycles. The first kappa shape index (κ1) is 11.8. The lowest BCUT2D eigenvalue weighted by molar-refractivity contribution is 0.476. The van der Waals surface area contributed by atoms with Crippen LogP contribution in [-0.2, 0) is 5.41 Å². The van der Waals surface area contributed by atoms with Gasteiger partial charge in [0.05, 0.1) is 11.3 Å². The number of aromatic amines is 1. The third-order valence-electron chi connectivity index (χ3n) is 3.10. The van der Waals surface area contributed by atoms with E-state index in [1.807, 2.05) is 18.2 Å². The van der Waals surface area contributed by atoms with E-state index in [9.17, 15) is 5.11 Å². The minimum Gasteiger partial charge on any atom is -0.507 e. The summed E-state index contributed by atoms with van der Waals surface area (Å²) >= 11 is 0. The lowest BCUT2D eigenvalue weighted by Gasteiger charge is -2.13. The average Bonchev–Trinajstić information content (AvgIpc) is 2.88. The highest BCUT2D eigenvalue weighted by Gasteiger charge is 2.20. The molecule has 0 saturated carbocycles. The molecule has 19 heavy (non-hydrogen) atoms. The summed E-state index contributed by atoms with van der Waals surface area (Å²) < 4.78 is 1.73. The molecule has 0 aliphatic rings. The molecule has 1 aromatic carbocycles. The van der Waals surface area contributed by atoms with Gasteiger partial charge in [-0.1, -0.05) is 32.9 Å². The molecule has 0 spiro atoms. The number of aromatic nitrogens is 4. The normalized spacial score (nSPS) is 12.2. The molecule has 0 bridgehead atoms. The third kappa shape index (κ3) is 1.87. The second kappa shape index (κ2) is 3.85. The van der Waals surface area contributed by atoms with Crippen LogP contribution in [0.3, 0.4) is 0 Å². The molecule has 5 heteroatoms. The number of rotatable bonds is 1. The van der Waals surface area contributed by atoms with E-state index in [0.717, 1.165) is 11.3 Å². The van der Waals surface area contributed by atoms with Crippen LogP contribution in [0.15, 0.2) is 30.3 Å². The quantitative estimate of drug-likeness (QED) is 0.703. The molecule has 0 fully saturated rings. The summed E-state index contributed by atoms with van der Waals surface area (Å²) in [7, 11) is 0. The Labute approximate surface area is 110 Å². The van der Waals surface area contributed by atoms with Crippen LogP contribution in [0.2, 0.25) is 0 Å². The van der Waals surface area contributed by atoms with Crippen LogP contribution in [0.5, 0.6) is 5.75 Å². The molecule has 0 unspecified atom stereocenters. The SMILES string of the molecule is CC(C)(C)c1cc2[nH]nc(-c3ccccc3O)n2n1. The van der Waals surface area contributed by atoms with Crippen LogP contribution in [0, 0.1) is 0 Å². The van der Waals surface area contributed by atoms with Gasteiger partial charge in [0.15, 0.2) is 11.5 Å². The molecule has 3 rings (SSSR count). The summed E-state index contributed by atoms with van der Waals surface area (Å²) in [4.78, 5) is 0. The van der Waals surface area contributed by atoms with Crippen molar-refractivity contribution < 1.29 is 5.11 Å². The summed E-state index contributed by atoms with van der Waals surface area (Å²) in [6, 6.07) is 9.10. The Hall–Kier alpha value is -2.30. The second-order valence-corrected chi connectivity index (χ2v) is 5.64. The zero-order chi connectivity index (χ0) is 13.6. The van der Waals surface area contributed by atoms with Gasteiger partial charge in [-0.25, -0.2) is 0 Å². The average molecular weight is 256 g/mol. The van der Waals surface area contributed by atoms with Crippen LogP contribution in [0.4, 0.5) is 0 Å². The van der Waals surface area contributed by atoms with Crippen LogP contribution in [0.25, 0.3) is 17.0 Å². The maximum atomic E-state index is 9.91. The number of H-pyrrole nitrogens is 1. The van der Waals surface area contributed by atoms with Crippen molar-refractivity contribution in [1.29, 1.82) is 0 Å². The summed E-state index contributed by atoms with van der Waals surface area (Å²) in [5, 5.41) is 21.7. The van der Waals surface area contributed by atoms with E-state index in [1.165, 1.54) is 0 Å². The van der Waals surface area contributed by atoms with Crippen molar-refractivity contribution in [2.45, 2.75) is 26.2 Å². The van der Waals surface area contributed by atoms with E-state index in [-0.39, 0.29) is 11.2 Å². The number of hydrogen-bond acceptors (Lipinski definition) is 3. The van der Waals surface area contributed by atoms with Crippen molar-refractivity contribution in [3.63, 3.8) is 0 Å². The van der Waals surface area contributed by atoms with Gasteiger partial charge in [-0.05, 0) is 12.1 Å². The standard InChI is InChI=1S/C14H16N4O/c1-14(2,3)11-8-12-15-16-13(18(12)17-11)9-6-4-5-7-10(9)19/h4-8,15,19H,1-3H3. The van der Waals surface area contributed by atoms with E-state index in [2.05, 4.69) is 36.1 Å². The first-order chi connectivity index (χ1) is 8.97. The zero-order valence-electron chi connectivity index (χ0n) is 11.2. The van der Waals surface area contributed by atoms with Crippen molar-refractivity contribution in [1.82, 2.24) is 19.8 Å². The summed E-state index contributed by atoms with van der Waals surface area (Å²) in [6.45, 7) is 6.34. The van der Waals surface area contributed by atoms with Crippen LogP contribution in [-0.4, -0.2) is 24.9 Å². The first-order valence-corrected chi connectivity index (χ1v) is 6.20. The Morgan fingerprint density at radius 1 is 1.21 bits per heavy atom. The van der Waals surface area contributed by atoms with E-state index in [4.69, 9.17) is 0 Å².